The molecule has 2 aromatic heterocycles. The second-order valence-electron chi connectivity index (χ2n) is 11.1. The molecule has 3 heterocycles. The van der Waals surface area contributed by atoms with E-state index in [-0.39, 0.29) is 11.9 Å². The van der Waals surface area contributed by atoms with Gasteiger partial charge >= 0.3 is 0 Å². The maximum Gasteiger partial charge on any atom is 0.254 e. The molecule has 0 spiro atoms. The zero-order valence-corrected chi connectivity index (χ0v) is 22.3. The number of aromatic nitrogens is 3. The van der Waals surface area contributed by atoms with E-state index in [2.05, 4.69) is 47.2 Å². The van der Waals surface area contributed by atoms with Gasteiger partial charge in [-0.3, -0.25) is 4.79 Å². The molecule has 37 heavy (non-hydrogen) atoms. The SMILES string of the molecule is COc1cc(C(=O)N2C[C@H](CN)CC[C@@H]2C)cc2nc(-c3cc4cccc(C)c4n3CC3CC3)n(C)c12. The number of fused-ring (bicyclic) bond motifs is 2. The van der Waals surface area contributed by atoms with Gasteiger partial charge in [0.05, 0.1) is 23.8 Å². The smallest absolute Gasteiger partial charge is 0.254 e. The molecule has 1 saturated heterocycles. The first kappa shape index (κ1) is 24.0. The molecule has 2 fully saturated rings. The van der Waals surface area contributed by atoms with Crippen molar-refractivity contribution in [1.29, 1.82) is 0 Å². The van der Waals surface area contributed by atoms with Crippen molar-refractivity contribution in [2.24, 2.45) is 24.6 Å². The van der Waals surface area contributed by atoms with Crippen LogP contribution in [0.5, 0.6) is 5.75 Å². The number of aryl methyl sites for hydroxylation is 2. The Bertz CT molecular complexity index is 1500. The lowest BCUT2D eigenvalue weighted by Crippen LogP contribution is -2.47. The van der Waals surface area contributed by atoms with Crippen LogP contribution in [0.1, 0.15) is 48.5 Å². The Kier molecular flexibility index (Phi) is 5.98. The van der Waals surface area contributed by atoms with Crippen molar-refractivity contribution in [1.82, 2.24) is 19.0 Å². The van der Waals surface area contributed by atoms with Gasteiger partial charge in [-0.25, -0.2) is 4.98 Å². The van der Waals surface area contributed by atoms with Gasteiger partial charge in [0, 0.05) is 37.1 Å². The van der Waals surface area contributed by atoms with E-state index in [1.165, 1.54) is 29.3 Å². The third kappa shape index (κ3) is 4.09. The number of nitrogens with zero attached hydrogens (tertiary/aromatic N) is 4. The maximum atomic E-state index is 13.7. The van der Waals surface area contributed by atoms with Crippen molar-refractivity contribution in [2.45, 2.75) is 52.1 Å². The van der Waals surface area contributed by atoms with Crippen LogP contribution in [0.3, 0.4) is 0 Å². The van der Waals surface area contributed by atoms with Gasteiger partial charge in [-0.15, -0.1) is 0 Å². The molecule has 0 unspecified atom stereocenters. The minimum absolute atomic E-state index is 0.0246. The summed E-state index contributed by atoms with van der Waals surface area (Å²) in [5.74, 6) is 2.67. The summed E-state index contributed by atoms with van der Waals surface area (Å²) < 4.78 is 10.4. The van der Waals surface area contributed by atoms with Gasteiger partial charge in [-0.05, 0) is 81.7 Å². The van der Waals surface area contributed by atoms with E-state index in [1.807, 2.05) is 24.1 Å². The molecule has 2 aromatic carbocycles. The summed E-state index contributed by atoms with van der Waals surface area (Å²) in [6.45, 7) is 6.62. The number of imidazole rings is 1. The molecule has 1 aliphatic carbocycles. The molecule has 194 valence electrons. The number of piperidine rings is 1. The Morgan fingerprint density at radius 1 is 1.11 bits per heavy atom. The lowest BCUT2D eigenvalue weighted by atomic mass is 9.93. The summed E-state index contributed by atoms with van der Waals surface area (Å²) >= 11 is 0. The summed E-state index contributed by atoms with van der Waals surface area (Å²) in [6, 6.07) is 12.7. The lowest BCUT2D eigenvalue weighted by Gasteiger charge is -2.37. The van der Waals surface area contributed by atoms with E-state index in [0.717, 1.165) is 47.9 Å². The van der Waals surface area contributed by atoms with Crippen LogP contribution in [-0.2, 0) is 13.6 Å². The molecule has 1 amide bonds. The third-order valence-corrected chi connectivity index (χ3v) is 8.46. The zero-order chi connectivity index (χ0) is 25.8. The minimum Gasteiger partial charge on any atom is -0.494 e. The predicted octanol–water partition coefficient (Wildman–Crippen LogP) is 5.12. The quantitative estimate of drug-likeness (QED) is 0.399. The summed E-state index contributed by atoms with van der Waals surface area (Å²) in [6.07, 6.45) is 4.62. The number of hydrogen-bond donors (Lipinski definition) is 1. The standard InChI is InChI=1S/C30H37N5O2/c1-18-6-5-7-22-13-25(35(27(18)22)16-20-10-11-20)29-32-24-12-23(14-26(37-4)28(24)33(29)3)30(36)34-17-21(15-31)9-8-19(34)2/h5-7,12-14,19-21H,8-11,15-17,31H2,1-4H3/t19-,21-/m0/s1. The number of likely N-dealkylation sites (tertiary alicyclic amines) is 1. The van der Waals surface area contributed by atoms with E-state index in [4.69, 9.17) is 15.5 Å². The molecule has 2 atom stereocenters. The number of rotatable bonds is 6. The fourth-order valence-electron chi connectivity index (χ4n) is 6.09. The zero-order valence-electron chi connectivity index (χ0n) is 22.3. The van der Waals surface area contributed by atoms with Crippen LogP contribution in [0.25, 0.3) is 33.5 Å². The molecule has 7 heteroatoms. The van der Waals surface area contributed by atoms with Crippen molar-refractivity contribution < 1.29 is 9.53 Å². The molecule has 1 saturated carbocycles. The van der Waals surface area contributed by atoms with Crippen LogP contribution < -0.4 is 10.5 Å². The monoisotopic (exact) mass is 499 g/mol. The molecular weight excluding hydrogens is 462 g/mol. The number of ether oxygens (including phenoxy) is 1. The molecule has 4 aromatic rings. The molecule has 0 bridgehead atoms. The highest BCUT2D eigenvalue weighted by Gasteiger charge is 2.31. The molecule has 2 aliphatic rings. The van der Waals surface area contributed by atoms with E-state index >= 15 is 0 Å². The predicted molar refractivity (Wildman–Crippen MR) is 148 cm³/mol. The molecular formula is C30H37N5O2. The first-order valence-electron chi connectivity index (χ1n) is 13.5. The average Bonchev–Trinajstić information content (AvgIpc) is 3.56. The molecule has 7 nitrogen and oxygen atoms in total. The Balaban J connectivity index is 1.47. The van der Waals surface area contributed by atoms with Crippen molar-refractivity contribution in [3.05, 3.63) is 47.5 Å². The highest BCUT2D eigenvalue weighted by atomic mass is 16.5. The number of carbonyl (C=O) groups excluding carboxylic acids is 1. The van der Waals surface area contributed by atoms with Gasteiger partial charge in [0.2, 0.25) is 0 Å². The topological polar surface area (TPSA) is 78.3 Å². The van der Waals surface area contributed by atoms with Crippen molar-refractivity contribution >= 4 is 27.8 Å². The number of benzene rings is 2. The molecule has 6 rings (SSSR count). The van der Waals surface area contributed by atoms with Gasteiger partial charge in [0.15, 0.2) is 5.82 Å². The van der Waals surface area contributed by atoms with Gasteiger partial charge in [0.25, 0.3) is 5.91 Å². The van der Waals surface area contributed by atoms with Gasteiger partial charge in [-0.2, -0.15) is 0 Å². The van der Waals surface area contributed by atoms with Crippen LogP contribution in [-0.4, -0.2) is 51.2 Å². The molecule has 2 N–H and O–H groups in total. The first-order chi connectivity index (χ1) is 17.9. The van der Waals surface area contributed by atoms with Crippen LogP contribution in [0.2, 0.25) is 0 Å². The van der Waals surface area contributed by atoms with E-state index in [0.29, 0.717) is 30.3 Å². The summed E-state index contributed by atoms with van der Waals surface area (Å²) in [5.41, 5.74) is 11.9. The molecule has 1 aliphatic heterocycles. The number of amides is 1. The van der Waals surface area contributed by atoms with Crippen molar-refractivity contribution in [3.63, 3.8) is 0 Å². The summed E-state index contributed by atoms with van der Waals surface area (Å²) in [7, 11) is 3.70. The largest absolute Gasteiger partial charge is 0.494 e. The van der Waals surface area contributed by atoms with Crippen LogP contribution in [0, 0.1) is 18.8 Å². The van der Waals surface area contributed by atoms with Crippen LogP contribution in [0.4, 0.5) is 0 Å². The summed E-state index contributed by atoms with van der Waals surface area (Å²) in [4.78, 5) is 20.8. The van der Waals surface area contributed by atoms with Crippen molar-refractivity contribution in [3.8, 4) is 17.3 Å². The number of methoxy groups -OCH3 is 1. The summed E-state index contributed by atoms with van der Waals surface area (Å²) in [5, 5.41) is 1.24. The maximum absolute atomic E-state index is 13.7. The highest BCUT2D eigenvalue weighted by molar-refractivity contribution is 6.00. The van der Waals surface area contributed by atoms with Crippen molar-refractivity contribution in [2.75, 3.05) is 20.2 Å². The second kappa shape index (κ2) is 9.21. The van der Waals surface area contributed by atoms with E-state index < -0.39 is 0 Å². The van der Waals surface area contributed by atoms with E-state index in [1.54, 1.807) is 7.11 Å². The lowest BCUT2D eigenvalue weighted by molar-refractivity contribution is 0.0566. The number of nitrogens with two attached hydrogens (primary N) is 1. The Hall–Kier alpha value is -3.32. The molecule has 0 radical (unpaired) electrons. The van der Waals surface area contributed by atoms with E-state index in [9.17, 15) is 4.79 Å². The van der Waals surface area contributed by atoms with Crippen LogP contribution in [0.15, 0.2) is 36.4 Å². The fourth-order valence-corrected chi connectivity index (χ4v) is 6.09. The fraction of sp³-hybridized carbons (Fsp3) is 0.467. The normalized spacial score (nSPS) is 20.2. The number of para-hydroxylation sites is 1. The minimum atomic E-state index is 0.0246. The number of carbonyl (C=O) groups is 1. The van der Waals surface area contributed by atoms with Gasteiger partial charge in [0.1, 0.15) is 11.3 Å². The van der Waals surface area contributed by atoms with Gasteiger partial charge < -0.3 is 24.5 Å². The Morgan fingerprint density at radius 2 is 1.89 bits per heavy atom. The number of hydrogen-bond acceptors (Lipinski definition) is 4. The van der Waals surface area contributed by atoms with Crippen LogP contribution >= 0.6 is 0 Å². The second-order valence-corrected chi connectivity index (χ2v) is 11.1. The Morgan fingerprint density at radius 3 is 2.62 bits per heavy atom. The van der Waals surface area contributed by atoms with Gasteiger partial charge in [-0.1, -0.05) is 18.2 Å². The Labute approximate surface area is 218 Å². The first-order valence-corrected chi connectivity index (χ1v) is 13.5. The third-order valence-electron chi connectivity index (χ3n) is 8.46. The average molecular weight is 500 g/mol. The highest BCUT2D eigenvalue weighted by Crippen LogP contribution is 2.38.